The first-order valence-electron chi connectivity index (χ1n) is 9.04. The third-order valence-electron chi connectivity index (χ3n) is 4.77. The van der Waals surface area contributed by atoms with E-state index in [9.17, 15) is 13.6 Å². The van der Waals surface area contributed by atoms with E-state index in [0.717, 1.165) is 6.07 Å². The highest BCUT2D eigenvalue weighted by Gasteiger charge is 2.16. The van der Waals surface area contributed by atoms with Gasteiger partial charge in [0.05, 0.1) is 6.20 Å². The molecule has 2 N–H and O–H groups in total. The Hall–Kier alpha value is -3.07. The third-order valence-corrected chi connectivity index (χ3v) is 4.77. The van der Waals surface area contributed by atoms with E-state index in [4.69, 9.17) is 0 Å². The maximum Gasteiger partial charge on any atom is 0.221 e. The summed E-state index contributed by atoms with van der Waals surface area (Å²) < 4.78 is 30.0. The molecule has 2 aromatic heterocycles. The van der Waals surface area contributed by atoms with Crippen LogP contribution in [-0.4, -0.2) is 47.2 Å². The van der Waals surface area contributed by atoms with Crippen molar-refractivity contribution in [2.75, 3.05) is 31.6 Å². The summed E-state index contributed by atoms with van der Waals surface area (Å²) in [4.78, 5) is 18.5. The zero-order valence-corrected chi connectivity index (χ0v) is 15.4. The van der Waals surface area contributed by atoms with Crippen LogP contribution in [0.2, 0.25) is 0 Å². The summed E-state index contributed by atoms with van der Waals surface area (Å²) in [5, 5.41) is 10.1. The Kier molecular flexibility index (Phi) is 4.91. The summed E-state index contributed by atoms with van der Waals surface area (Å²) in [7, 11) is 1.88. The minimum Gasteiger partial charge on any atom is -0.358 e. The largest absolute Gasteiger partial charge is 0.358 e. The summed E-state index contributed by atoms with van der Waals surface area (Å²) in [6, 6.07) is 4.56. The number of hydrogen-bond donors (Lipinski definition) is 2. The van der Waals surface area contributed by atoms with Crippen LogP contribution in [0.5, 0.6) is 0 Å². The van der Waals surface area contributed by atoms with Gasteiger partial charge < -0.3 is 15.5 Å². The smallest absolute Gasteiger partial charge is 0.221 e. The zero-order chi connectivity index (χ0) is 19.7. The molecule has 0 saturated carbocycles. The monoisotopic (exact) mass is 386 g/mol. The van der Waals surface area contributed by atoms with Gasteiger partial charge in [-0.3, -0.25) is 4.79 Å². The minimum absolute atomic E-state index is 0.102. The molecular formula is C19H20F2N6O. The lowest BCUT2D eigenvalue weighted by molar-refractivity contribution is -0.120. The first-order chi connectivity index (χ1) is 13.5. The number of carbonyl (C=O) groups is 1. The highest BCUT2D eigenvalue weighted by Crippen LogP contribution is 2.28. The number of fused-ring (bicyclic) bond motifs is 4. The van der Waals surface area contributed by atoms with Crippen LogP contribution in [0.15, 0.2) is 30.6 Å². The molecular weight excluding hydrogens is 366 g/mol. The van der Waals surface area contributed by atoms with Crippen LogP contribution in [-0.2, 0) is 11.3 Å². The van der Waals surface area contributed by atoms with Gasteiger partial charge >= 0.3 is 0 Å². The van der Waals surface area contributed by atoms with E-state index in [1.807, 2.05) is 18.0 Å². The SMILES string of the molecule is CN1CCNC(=O)CCNCc2cc(cc(F)c2F)-c2cnn3ccc1nc23. The van der Waals surface area contributed by atoms with Crippen molar-refractivity contribution in [1.82, 2.24) is 25.2 Å². The van der Waals surface area contributed by atoms with E-state index in [2.05, 4.69) is 20.7 Å². The molecule has 4 bridgehead atoms. The first kappa shape index (κ1) is 18.3. The van der Waals surface area contributed by atoms with Crippen molar-refractivity contribution < 1.29 is 13.6 Å². The number of carbonyl (C=O) groups excluding carboxylic acids is 1. The molecule has 1 aromatic carbocycles. The zero-order valence-electron chi connectivity index (χ0n) is 15.4. The molecule has 1 amide bonds. The number of anilines is 1. The quantitative estimate of drug-likeness (QED) is 0.616. The topological polar surface area (TPSA) is 74.6 Å². The molecule has 4 rings (SSSR count). The molecule has 3 heterocycles. The number of benzene rings is 1. The summed E-state index contributed by atoms with van der Waals surface area (Å²) in [5.74, 6) is -1.23. The number of rotatable bonds is 0. The Labute approximate surface area is 160 Å². The normalized spacial score (nSPS) is 15.8. The van der Waals surface area contributed by atoms with Crippen molar-refractivity contribution >= 4 is 17.4 Å². The van der Waals surface area contributed by atoms with Crippen LogP contribution < -0.4 is 15.5 Å². The van der Waals surface area contributed by atoms with Crippen LogP contribution in [0, 0.1) is 11.6 Å². The molecule has 7 nitrogen and oxygen atoms in total. The van der Waals surface area contributed by atoms with Gasteiger partial charge in [0.1, 0.15) is 5.82 Å². The van der Waals surface area contributed by atoms with Crippen molar-refractivity contribution in [2.24, 2.45) is 0 Å². The Morgan fingerprint density at radius 3 is 2.93 bits per heavy atom. The molecule has 0 unspecified atom stereocenters. The highest BCUT2D eigenvalue weighted by atomic mass is 19.2. The molecule has 9 heteroatoms. The van der Waals surface area contributed by atoms with Gasteiger partial charge in [0, 0.05) is 57.0 Å². The number of nitrogens with one attached hydrogen (secondary N) is 2. The number of nitrogens with zero attached hydrogens (tertiary/aromatic N) is 4. The van der Waals surface area contributed by atoms with E-state index in [0.29, 0.717) is 42.2 Å². The van der Waals surface area contributed by atoms with Gasteiger partial charge in [-0.1, -0.05) is 0 Å². The lowest BCUT2D eigenvalue weighted by atomic mass is 10.0. The van der Waals surface area contributed by atoms with Gasteiger partial charge in [0.2, 0.25) is 5.91 Å². The predicted octanol–water partition coefficient (Wildman–Crippen LogP) is 1.72. The fraction of sp³-hybridized carbons (Fsp3) is 0.316. The van der Waals surface area contributed by atoms with Crippen LogP contribution in [0.25, 0.3) is 16.8 Å². The molecule has 0 fully saturated rings. The van der Waals surface area contributed by atoms with Crippen LogP contribution in [0.1, 0.15) is 12.0 Å². The Bertz CT molecular complexity index is 1030. The van der Waals surface area contributed by atoms with Gasteiger partial charge in [0.15, 0.2) is 17.3 Å². The molecule has 0 radical (unpaired) electrons. The van der Waals surface area contributed by atoms with Gasteiger partial charge in [-0.25, -0.2) is 18.3 Å². The molecule has 0 saturated heterocycles. The van der Waals surface area contributed by atoms with E-state index in [-0.39, 0.29) is 24.4 Å². The van der Waals surface area contributed by atoms with Crippen molar-refractivity contribution in [3.05, 3.63) is 47.8 Å². The Balaban J connectivity index is 1.82. The third kappa shape index (κ3) is 3.53. The van der Waals surface area contributed by atoms with Crippen molar-refractivity contribution in [3.63, 3.8) is 0 Å². The van der Waals surface area contributed by atoms with Crippen molar-refractivity contribution in [2.45, 2.75) is 13.0 Å². The summed E-state index contributed by atoms with van der Waals surface area (Å²) in [5.41, 5.74) is 1.86. The Morgan fingerprint density at radius 1 is 1.21 bits per heavy atom. The maximum absolute atomic E-state index is 14.2. The molecule has 0 aliphatic carbocycles. The number of likely N-dealkylation sites (N-methyl/N-ethyl adjacent to an activating group) is 1. The van der Waals surface area contributed by atoms with Crippen LogP contribution in [0.3, 0.4) is 0 Å². The molecule has 1 aliphatic heterocycles. The van der Waals surface area contributed by atoms with Crippen molar-refractivity contribution in [1.29, 1.82) is 0 Å². The maximum atomic E-state index is 14.2. The van der Waals surface area contributed by atoms with Crippen LogP contribution >= 0.6 is 0 Å². The van der Waals surface area contributed by atoms with E-state index in [1.165, 1.54) is 0 Å². The second-order valence-corrected chi connectivity index (χ2v) is 6.74. The average Bonchev–Trinajstić information content (AvgIpc) is 3.10. The molecule has 0 atom stereocenters. The molecule has 28 heavy (non-hydrogen) atoms. The average molecular weight is 386 g/mol. The summed E-state index contributed by atoms with van der Waals surface area (Å²) >= 11 is 0. The van der Waals surface area contributed by atoms with E-state index >= 15 is 0 Å². The highest BCUT2D eigenvalue weighted by molar-refractivity contribution is 5.78. The molecule has 1 aliphatic rings. The number of halogens is 2. The molecule has 146 valence electrons. The van der Waals surface area contributed by atoms with Crippen LogP contribution in [0.4, 0.5) is 14.6 Å². The number of amides is 1. The Morgan fingerprint density at radius 2 is 2.07 bits per heavy atom. The second-order valence-electron chi connectivity index (χ2n) is 6.74. The van der Waals surface area contributed by atoms with Gasteiger partial charge in [-0.2, -0.15) is 5.10 Å². The lowest BCUT2D eigenvalue weighted by Gasteiger charge is -2.19. The first-order valence-corrected chi connectivity index (χ1v) is 9.04. The summed E-state index contributed by atoms with van der Waals surface area (Å²) in [6.07, 6.45) is 3.62. The lowest BCUT2D eigenvalue weighted by Crippen LogP contribution is -2.34. The number of aromatic nitrogens is 3. The van der Waals surface area contributed by atoms with Gasteiger partial charge in [0.25, 0.3) is 0 Å². The minimum atomic E-state index is -0.930. The second kappa shape index (κ2) is 7.51. The molecule has 3 aromatic rings. The molecule has 0 spiro atoms. The fourth-order valence-corrected chi connectivity index (χ4v) is 3.20. The number of hydrogen-bond acceptors (Lipinski definition) is 5. The fourth-order valence-electron chi connectivity index (χ4n) is 3.20. The van der Waals surface area contributed by atoms with Gasteiger partial charge in [-0.05, 0) is 23.8 Å². The van der Waals surface area contributed by atoms with Crippen molar-refractivity contribution in [3.8, 4) is 11.1 Å². The predicted molar refractivity (Wildman–Crippen MR) is 101 cm³/mol. The standard InChI is InChI=1S/C19H20F2N6O/c1-26-7-5-23-17(28)2-4-22-10-13-8-12(9-15(20)18(13)21)14-11-24-27-6-3-16(26)25-19(14)27/h3,6,8-9,11,22H,2,4-5,7,10H2,1H3,(H,23,28). The van der Waals surface area contributed by atoms with E-state index in [1.54, 1.807) is 23.0 Å². The summed E-state index contributed by atoms with van der Waals surface area (Å²) in [6.45, 7) is 1.55. The van der Waals surface area contributed by atoms with Gasteiger partial charge in [-0.15, -0.1) is 0 Å². The van der Waals surface area contributed by atoms with E-state index < -0.39 is 11.6 Å².